The van der Waals surface area contributed by atoms with Crippen molar-refractivity contribution in [3.63, 3.8) is 0 Å². The molecular formula is C10H11Cl2NO. The Labute approximate surface area is 93.5 Å². The Morgan fingerprint density at radius 2 is 2.29 bits per heavy atom. The van der Waals surface area contributed by atoms with Crippen LogP contribution in [0.1, 0.15) is 12.0 Å². The molecule has 1 heterocycles. The fourth-order valence-electron chi connectivity index (χ4n) is 0.891. The Bertz CT molecular complexity index is 315. The number of rotatable bonds is 5. The lowest BCUT2D eigenvalue weighted by Gasteiger charge is -2.04. The van der Waals surface area contributed by atoms with Crippen molar-refractivity contribution in [3.8, 4) is 0 Å². The molecule has 4 heteroatoms. The van der Waals surface area contributed by atoms with Crippen LogP contribution in [0.3, 0.4) is 0 Å². The second-order valence-corrected chi connectivity index (χ2v) is 3.52. The molecule has 0 aromatic carbocycles. The summed E-state index contributed by atoms with van der Waals surface area (Å²) in [5.74, 6) is 0. The summed E-state index contributed by atoms with van der Waals surface area (Å²) in [6.07, 6.45) is 4.26. The average Bonchev–Trinajstić information content (AvgIpc) is 2.15. The van der Waals surface area contributed by atoms with Gasteiger partial charge in [-0.2, -0.15) is 0 Å². The van der Waals surface area contributed by atoms with E-state index in [4.69, 9.17) is 27.9 Å². The molecule has 2 nitrogen and oxygen atoms in total. The van der Waals surface area contributed by atoms with Crippen LogP contribution in [0.4, 0.5) is 0 Å². The molecule has 0 saturated carbocycles. The highest BCUT2D eigenvalue weighted by Crippen LogP contribution is 2.19. The van der Waals surface area contributed by atoms with Gasteiger partial charge in [-0.1, -0.05) is 29.3 Å². The van der Waals surface area contributed by atoms with Crippen LogP contribution in [0.15, 0.2) is 24.9 Å². The predicted octanol–water partition coefficient (Wildman–Crippen LogP) is 3.48. The highest BCUT2D eigenvalue weighted by Gasteiger charge is 2.01. The number of nitrogens with zero attached hydrogens (tertiary/aromatic N) is 1. The Morgan fingerprint density at radius 1 is 1.50 bits per heavy atom. The summed E-state index contributed by atoms with van der Waals surface area (Å²) in [6.45, 7) is 4.70. The van der Waals surface area contributed by atoms with Crippen LogP contribution >= 0.6 is 23.2 Å². The number of ether oxygens (including phenoxy) is 1. The van der Waals surface area contributed by atoms with Gasteiger partial charge in [0.15, 0.2) is 0 Å². The van der Waals surface area contributed by atoms with Crippen molar-refractivity contribution < 1.29 is 4.74 Å². The maximum Gasteiger partial charge on any atom is 0.130 e. The molecule has 0 bridgehead atoms. The van der Waals surface area contributed by atoms with E-state index in [-0.39, 0.29) is 0 Å². The highest BCUT2D eigenvalue weighted by molar-refractivity contribution is 6.34. The van der Waals surface area contributed by atoms with E-state index in [1.807, 2.05) is 6.08 Å². The van der Waals surface area contributed by atoms with Crippen molar-refractivity contribution in [2.24, 2.45) is 0 Å². The molecule has 0 spiro atoms. The quantitative estimate of drug-likeness (QED) is 0.440. The lowest BCUT2D eigenvalue weighted by molar-refractivity contribution is 0.125. The summed E-state index contributed by atoms with van der Waals surface area (Å²) in [5, 5.41) is 0.980. The largest absolute Gasteiger partial charge is 0.376 e. The molecule has 0 aliphatic rings. The van der Waals surface area contributed by atoms with Gasteiger partial charge in [-0.05, 0) is 12.5 Å². The second kappa shape index (κ2) is 6.02. The van der Waals surface area contributed by atoms with Gasteiger partial charge in [-0.3, -0.25) is 0 Å². The molecule has 0 radical (unpaired) electrons. The van der Waals surface area contributed by atoms with E-state index in [2.05, 4.69) is 11.6 Å². The second-order valence-electron chi connectivity index (χ2n) is 2.73. The third-order valence-corrected chi connectivity index (χ3v) is 2.18. The molecule has 0 unspecified atom stereocenters. The zero-order valence-electron chi connectivity index (χ0n) is 7.67. The smallest absolute Gasteiger partial charge is 0.130 e. The van der Waals surface area contributed by atoms with E-state index in [0.29, 0.717) is 23.4 Å². The van der Waals surface area contributed by atoms with Gasteiger partial charge in [0, 0.05) is 11.8 Å². The molecule has 0 aliphatic carbocycles. The Kier molecular flexibility index (Phi) is 4.94. The summed E-state index contributed by atoms with van der Waals surface area (Å²) in [5.41, 5.74) is 0.847. The molecule has 0 atom stereocenters. The summed E-state index contributed by atoms with van der Waals surface area (Å²) >= 11 is 11.6. The third kappa shape index (κ3) is 3.66. The van der Waals surface area contributed by atoms with E-state index in [0.717, 1.165) is 12.0 Å². The van der Waals surface area contributed by atoms with Crippen LogP contribution in [-0.4, -0.2) is 11.6 Å². The van der Waals surface area contributed by atoms with E-state index in [1.165, 1.54) is 0 Å². The van der Waals surface area contributed by atoms with E-state index in [1.54, 1.807) is 12.3 Å². The maximum atomic E-state index is 5.92. The summed E-state index contributed by atoms with van der Waals surface area (Å²) in [7, 11) is 0. The first-order chi connectivity index (χ1) is 6.74. The lowest BCUT2D eigenvalue weighted by Crippen LogP contribution is -1.96. The third-order valence-electron chi connectivity index (χ3n) is 1.62. The molecule has 76 valence electrons. The van der Waals surface area contributed by atoms with Crippen molar-refractivity contribution in [2.75, 3.05) is 6.61 Å². The van der Waals surface area contributed by atoms with Crippen LogP contribution in [0.5, 0.6) is 0 Å². The van der Waals surface area contributed by atoms with Gasteiger partial charge in [0.05, 0.1) is 18.2 Å². The van der Waals surface area contributed by atoms with E-state index in [9.17, 15) is 0 Å². The molecule has 1 aromatic heterocycles. The molecule has 0 amide bonds. The topological polar surface area (TPSA) is 22.1 Å². The normalized spacial score (nSPS) is 10.1. The minimum absolute atomic E-state index is 0.393. The van der Waals surface area contributed by atoms with Crippen LogP contribution < -0.4 is 0 Å². The molecule has 1 rings (SSSR count). The zero-order chi connectivity index (χ0) is 10.4. The molecule has 0 aliphatic heterocycles. The van der Waals surface area contributed by atoms with Crippen molar-refractivity contribution in [1.82, 2.24) is 4.98 Å². The number of pyridine rings is 1. The average molecular weight is 232 g/mol. The van der Waals surface area contributed by atoms with E-state index >= 15 is 0 Å². The number of hydrogen-bond donors (Lipinski definition) is 0. The van der Waals surface area contributed by atoms with Gasteiger partial charge < -0.3 is 4.74 Å². The molecule has 0 saturated heterocycles. The standard InChI is InChI=1S/C10H11Cl2NO/c1-2-3-4-14-7-8-6-13-10(12)5-9(8)11/h2,5-6H,1,3-4,7H2. The maximum absolute atomic E-state index is 5.92. The van der Waals surface area contributed by atoms with Gasteiger partial charge in [-0.15, -0.1) is 6.58 Å². The molecule has 14 heavy (non-hydrogen) atoms. The predicted molar refractivity (Wildman–Crippen MR) is 58.7 cm³/mol. The Hall–Kier alpha value is -0.570. The first kappa shape index (κ1) is 11.5. The van der Waals surface area contributed by atoms with Crippen molar-refractivity contribution in [3.05, 3.63) is 40.7 Å². The van der Waals surface area contributed by atoms with Crippen molar-refractivity contribution >= 4 is 23.2 Å². The number of aromatic nitrogens is 1. The molecular weight excluding hydrogens is 221 g/mol. The fourth-order valence-corrected chi connectivity index (χ4v) is 1.31. The fraction of sp³-hybridized carbons (Fsp3) is 0.300. The highest BCUT2D eigenvalue weighted by atomic mass is 35.5. The van der Waals surface area contributed by atoms with Crippen molar-refractivity contribution in [1.29, 1.82) is 0 Å². The minimum Gasteiger partial charge on any atom is -0.376 e. The molecule has 0 fully saturated rings. The van der Waals surface area contributed by atoms with Crippen LogP contribution in [-0.2, 0) is 11.3 Å². The Morgan fingerprint density at radius 3 is 2.93 bits per heavy atom. The van der Waals surface area contributed by atoms with Gasteiger partial charge in [0.2, 0.25) is 0 Å². The van der Waals surface area contributed by atoms with Crippen molar-refractivity contribution in [2.45, 2.75) is 13.0 Å². The van der Waals surface area contributed by atoms with Crippen LogP contribution in [0, 0.1) is 0 Å². The summed E-state index contributed by atoms with van der Waals surface area (Å²) < 4.78 is 5.34. The first-order valence-electron chi connectivity index (χ1n) is 4.22. The van der Waals surface area contributed by atoms with Gasteiger partial charge >= 0.3 is 0 Å². The van der Waals surface area contributed by atoms with E-state index < -0.39 is 0 Å². The SMILES string of the molecule is C=CCCOCc1cnc(Cl)cc1Cl. The number of hydrogen-bond acceptors (Lipinski definition) is 2. The minimum atomic E-state index is 0.393. The van der Waals surface area contributed by atoms with Crippen LogP contribution in [0.25, 0.3) is 0 Å². The zero-order valence-corrected chi connectivity index (χ0v) is 9.18. The van der Waals surface area contributed by atoms with Gasteiger partial charge in [0.25, 0.3) is 0 Å². The lowest BCUT2D eigenvalue weighted by atomic mass is 10.3. The number of halogens is 2. The summed E-state index contributed by atoms with van der Waals surface area (Å²) in [6, 6.07) is 1.61. The van der Waals surface area contributed by atoms with Gasteiger partial charge in [0.1, 0.15) is 5.15 Å². The Balaban J connectivity index is 2.46. The van der Waals surface area contributed by atoms with Gasteiger partial charge in [-0.25, -0.2) is 4.98 Å². The molecule has 1 aromatic rings. The summed E-state index contributed by atoms with van der Waals surface area (Å²) in [4.78, 5) is 3.92. The monoisotopic (exact) mass is 231 g/mol. The molecule has 0 N–H and O–H groups in total. The first-order valence-corrected chi connectivity index (χ1v) is 4.98. The van der Waals surface area contributed by atoms with Crippen LogP contribution in [0.2, 0.25) is 10.2 Å².